The lowest BCUT2D eigenvalue weighted by Crippen LogP contribution is -2.23. The lowest BCUT2D eigenvalue weighted by atomic mass is 10.0. The van der Waals surface area contributed by atoms with Crippen LogP contribution in [0.4, 0.5) is 20.3 Å². The van der Waals surface area contributed by atoms with Crippen LogP contribution in [0.2, 0.25) is 5.15 Å². The van der Waals surface area contributed by atoms with Crippen LogP contribution in [0.5, 0.6) is 0 Å². The van der Waals surface area contributed by atoms with Gasteiger partial charge in [0.2, 0.25) is 5.82 Å². The third kappa shape index (κ3) is 2.66. The molecule has 8 heteroatoms. The predicted octanol–water partition coefficient (Wildman–Crippen LogP) is 4.02. The second kappa shape index (κ2) is 5.17. The van der Waals surface area contributed by atoms with Gasteiger partial charge in [-0.15, -0.1) is 0 Å². The van der Waals surface area contributed by atoms with Crippen molar-refractivity contribution in [3.05, 3.63) is 40.6 Å². The van der Waals surface area contributed by atoms with E-state index in [2.05, 4.69) is 15.0 Å². The van der Waals surface area contributed by atoms with Crippen molar-refractivity contribution in [2.75, 3.05) is 11.4 Å². The number of aromatic nitrogens is 3. The van der Waals surface area contributed by atoms with E-state index in [0.717, 1.165) is 31.0 Å². The number of pyridine rings is 1. The zero-order chi connectivity index (χ0) is 18.0. The summed E-state index contributed by atoms with van der Waals surface area (Å²) in [7, 11) is 0. The van der Waals surface area contributed by atoms with Crippen molar-refractivity contribution >= 4 is 28.9 Å². The van der Waals surface area contributed by atoms with E-state index in [9.17, 15) is 13.6 Å². The SMILES string of the molecule is CC(=O)c1cc(N2CC3(CC3)c3cnc(Cl)cc32)nc(C(C)(F)F)n1. The van der Waals surface area contributed by atoms with E-state index in [-0.39, 0.29) is 22.7 Å². The Balaban J connectivity index is 1.87. The zero-order valence-electron chi connectivity index (χ0n) is 13.7. The molecule has 130 valence electrons. The fourth-order valence-electron chi connectivity index (χ4n) is 3.26. The van der Waals surface area contributed by atoms with E-state index in [1.54, 1.807) is 12.3 Å². The number of anilines is 2. The molecule has 3 heterocycles. The van der Waals surface area contributed by atoms with Crippen molar-refractivity contribution in [3.8, 4) is 0 Å². The van der Waals surface area contributed by atoms with E-state index in [0.29, 0.717) is 11.7 Å². The summed E-state index contributed by atoms with van der Waals surface area (Å²) in [5.41, 5.74) is 1.80. The second-order valence-electron chi connectivity index (χ2n) is 6.77. The number of halogens is 3. The average Bonchev–Trinajstić information content (AvgIpc) is 3.24. The standard InChI is InChI=1S/C17H15ClF2N4O/c1-9(25)11-5-14(23-15(22-11)16(2,19)20)24-8-17(3-4-17)10-7-21-13(18)6-12(10)24/h5-7H,3-4,8H2,1-2H3. The van der Waals surface area contributed by atoms with E-state index < -0.39 is 11.7 Å². The maximum atomic E-state index is 13.8. The summed E-state index contributed by atoms with van der Waals surface area (Å²) < 4.78 is 27.6. The first-order chi connectivity index (χ1) is 11.7. The fraction of sp³-hybridized carbons (Fsp3) is 0.412. The van der Waals surface area contributed by atoms with E-state index in [4.69, 9.17) is 11.6 Å². The highest BCUT2D eigenvalue weighted by atomic mass is 35.5. The first kappa shape index (κ1) is 16.3. The highest BCUT2D eigenvalue weighted by molar-refractivity contribution is 6.29. The van der Waals surface area contributed by atoms with Gasteiger partial charge in [-0.2, -0.15) is 8.78 Å². The predicted molar refractivity (Wildman–Crippen MR) is 88.8 cm³/mol. The molecule has 0 atom stereocenters. The molecule has 1 aliphatic carbocycles. The van der Waals surface area contributed by atoms with Gasteiger partial charge in [0.25, 0.3) is 0 Å². The lowest BCUT2D eigenvalue weighted by molar-refractivity contribution is 0.00765. The van der Waals surface area contributed by atoms with Gasteiger partial charge in [0.05, 0.1) is 5.69 Å². The van der Waals surface area contributed by atoms with E-state index in [1.165, 1.54) is 13.0 Å². The van der Waals surface area contributed by atoms with Gasteiger partial charge < -0.3 is 4.90 Å². The number of hydrogen-bond acceptors (Lipinski definition) is 5. The maximum Gasteiger partial charge on any atom is 0.303 e. The summed E-state index contributed by atoms with van der Waals surface area (Å²) in [4.78, 5) is 25.5. The van der Waals surface area contributed by atoms with Crippen LogP contribution < -0.4 is 4.90 Å². The molecule has 4 rings (SSSR count). The number of ketones is 1. The summed E-state index contributed by atoms with van der Waals surface area (Å²) in [6.45, 7) is 2.62. The number of nitrogens with zero attached hydrogens (tertiary/aromatic N) is 4. The van der Waals surface area contributed by atoms with Gasteiger partial charge in [0.15, 0.2) is 5.78 Å². The molecule has 0 radical (unpaired) electrons. The van der Waals surface area contributed by atoms with Gasteiger partial charge in [-0.1, -0.05) is 11.6 Å². The zero-order valence-corrected chi connectivity index (χ0v) is 14.4. The van der Waals surface area contributed by atoms with Gasteiger partial charge >= 0.3 is 5.92 Å². The van der Waals surface area contributed by atoms with Gasteiger partial charge in [-0.05, 0) is 18.9 Å². The Hall–Kier alpha value is -2.15. The summed E-state index contributed by atoms with van der Waals surface area (Å²) in [5, 5.41) is 0.323. The molecule has 0 bridgehead atoms. The van der Waals surface area contributed by atoms with Crippen LogP contribution in [0.15, 0.2) is 18.3 Å². The highest BCUT2D eigenvalue weighted by Gasteiger charge is 2.52. The normalized spacial score (nSPS) is 17.7. The fourth-order valence-corrected chi connectivity index (χ4v) is 3.41. The minimum absolute atomic E-state index is 0.0246. The molecule has 25 heavy (non-hydrogen) atoms. The minimum Gasteiger partial charge on any atom is -0.325 e. The summed E-state index contributed by atoms with van der Waals surface area (Å²) >= 11 is 6.03. The summed E-state index contributed by atoms with van der Waals surface area (Å²) in [6, 6.07) is 3.17. The lowest BCUT2D eigenvalue weighted by Gasteiger charge is -2.21. The molecule has 5 nitrogen and oxygen atoms in total. The first-order valence-electron chi connectivity index (χ1n) is 7.91. The third-order valence-electron chi connectivity index (χ3n) is 4.77. The summed E-state index contributed by atoms with van der Waals surface area (Å²) in [6.07, 6.45) is 3.75. The Morgan fingerprint density at radius 3 is 2.64 bits per heavy atom. The molecule has 0 N–H and O–H groups in total. The van der Waals surface area contributed by atoms with Gasteiger partial charge in [0, 0.05) is 43.6 Å². The Morgan fingerprint density at radius 1 is 1.32 bits per heavy atom. The van der Waals surface area contributed by atoms with Crippen LogP contribution in [0.3, 0.4) is 0 Å². The first-order valence-corrected chi connectivity index (χ1v) is 8.29. The molecule has 0 amide bonds. The number of fused-ring (bicyclic) bond motifs is 2. The number of Topliss-reactive ketones (excluding diaryl/α,β-unsaturated/α-hetero) is 1. The Bertz CT molecular complexity index is 893. The molecular weight excluding hydrogens is 350 g/mol. The highest BCUT2D eigenvalue weighted by Crippen LogP contribution is 2.58. The number of alkyl halides is 2. The molecule has 0 saturated heterocycles. The third-order valence-corrected chi connectivity index (χ3v) is 4.97. The molecule has 1 fully saturated rings. The van der Waals surface area contributed by atoms with Crippen molar-refractivity contribution in [3.63, 3.8) is 0 Å². The second-order valence-corrected chi connectivity index (χ2v) is 7.16. The van der Waals surface area contributed by atoms with Crippen LogP contribution in [0.25, 0.3) is 0 Å². The quantitative estimate of drug-likeness (QED) is 0.608. The van der Waals surface area contributed by atoms with E-state index in [1.807, 2.05) is 4.90 Å². The molecule has 0 aromatic carbocycles. The Kier molecular flexibility index (Phi) is 3.38. The topological polar surface area (TPSA) is 59.0 Å². The van der Waals surface area contributed by atoms with Crippen molar-refractivity contribution in [1.29, 1.82) is 0 Å². The van der Waals surface area contributed by atoms with Crippen molar-refractivity contribution < 1.29 is 13.6 Å². The number of carbonyl (C=O) groups is 1. The van der Waals surface area contributed by atoms with Crippen molar-refractivity contribution in [2.45, 2.75) is 38.0 Å². The van der Waals surface area contributed by atoms with Gasteiger partial charge in [-0.3, -0.25) is 4.79 Å². The monoisotopic (exact) mass is 364 g/mol. The average molecular weight is 365 g/mol. The maximum absolute atomic E-state index is 13.8. The smallest absolute Gasteiger partial charge is 0.303 e. The molecule has 1 spiro atoms. The van der Waals surface area contributed by atoms with Crippen LogP contribution in [-0.4, -0.2) is 27.3 Å². The molecular formula is C17H15ClF2N4O. The number of hydrogen-bond donors (Lipinski definition) is 0. The van der Waals surface area contributed by atoms with Crippen LogP contribution in [-0.2, 0) is 11.3 Å². The molecule has 1 saturated carbocycles. The number of carbonyl (C=O) groups excluding carboxylic acids is 1. The van der Waals surface area contributed by atoms with Crippen LogP contribution in [0, 0.1) is 0 Å². The minimum atomic E-state index is -3.24. The molecule has 0 unspecified atom stereocenters. The van der Waals surface area contributed by atoms with Crippen LogP contribution >= 0.6 is 11.6 Å². The van der Waals surface area contributed by atoms with Gasteiger partial charge in [0.1, 0.15) is 16.7 Å². The molecule has 2 aromatic rings. The molecule has 2 aliphatic rings. The molecule has 2 aromatic heterocycles. The Morgan fingerprint density at radius 2 is 2.04 bits per heavy atom. The van der Waals surface area contributed by atoms with Crippen molar-refractivity contribution in [2.24, 2.45) is 0 Å². The molecule has 1 aliphatic heterocycles. The number of rotatable bonds is 3. The van der Waals surface area contributed by atoms with Crippen molar-refractivity contribution in [1.82, 2.24) is 15.0 Å². The van der Waals surface area contributed by atoms with Gasteiger partial charge in [-0.25, -0.2) is 15.0 Å². The summed E-state index contributed by atoms with van der Waals surface area (Å²) in [5.74, 6) is -4.00. The van der Waals surface area contributed by atoms with E-state index >= 15 is 0 Å². The largest absolute Gasteiger partial charge is 0.325 e. The van der Waals surface area contributed by atoms with Crippen LogP contribution in [0.1, 0.15) is 48.6 Å². The Labute approximate surface area is 148 Å².